The van der Waals surface area contributed by atoms with E-state index in [1.54, 1.807) is 4.90 Å². The van der Waals surface area contributed by atoms with Crippen LogP contribution in [0.3, 0.4) is 0 Å². The van der Waals surface area contributed by atoms with E-state index in [0.29, 0.717) is 25.4 Å². The number of rotatable bonds is 6. The Labute approximate surface area is 108 Å². The average Bonchev–Trinajstić information content (AvgIpc) is 2.34. The number of benzene rings is 1. The first kappa shape index (κ1) is 13.1. The summed E-state index contributed by atoms with van der Waals surface area (Å²) in [5.41, 5.74) is 1.12. The third-order valence-corrected chi connectivity index (χ3v) is 3.63. The molecule has 0 bridgehead atoms. The molecule has 1 aliphatic rings. The van der Waals surface area contributed by atoms with Crippen LogP contribution in [0.15, 0.2) is 30.3 Å². The molecule has 1 fully saturated rings. The van der Waals surface area contributed by atoms with Crippen molar-refractivity contribution in [2.24, 2.45) is 5.92 Å². The van der Waals surface area contributed by atoms with Gasteiger partial charge < -0.3 is 10.0 Å². The topological polar surface area (TPSA) is 40.5 Å². The monoisotopic (exact) mass is 247 g/mol. The van der Waals surface area contributed by atoms with Crippen molar-refractivity contribution >= 4 is 5.91 Å². The Morgan fingerprint density at radius 2 is 2.00 bits per heavy atom. The van der Waals surface area contributed by atoms with Gasteiger partial charge in [-0.05, 0) is 24.3 Å². The maximum Gasteiger partial charge on any atom is 0.223 e. The Kier molecular flexibility index (Phi) is 4.76. The molecule has 3 heteroatoms. The molecule has 0 spiro atoms. The van der Waals surface area contributed by atoms with Crippen LogP contribution in [0.1, 0.15) is 31.2 Å². The van der Waals surface area contributed by atoms with Crippen molar-refractivity contribution in [1.82, 2.24) is 4.90 Å². The molecule has 0 saturated heterocycles. The molecule has 0 atom stereocenters. The highest BCUT2D eigenvalue weighted by atomic mass is 16.3. The lowest BCUT2D eigenvalue weighted by Crippen LogP contribution is -2.35. The summed E-state index contributed by atoms with van der Waals surface area (Å²) in [5.74, 6) is 0.757. The third kappa shape index (κ3) is 3.57. The molecular formula is C15H21NO2. The highest BCUT2D eigenvalue weighted by Crippen LogP contribution is 2.30. The van der Waals surface area contributed by atoms with Gasteiger partial charge in [0.15, 0.2) is 0 Å². The van der Waals surface area contributed by atoms with Gasteiger partial charge in [0.05, 0.1) is 6.61 Å². The van der Waals surface area contributed by atoms with Gasteiger partial charge in [0.25, 0.3) is 0 Å². The summed E-state index contributed by atoms with van der Waals surface area (Å²) in [6, 6.07) is 9.95. The zero-order chi connectivity index (χ0) is 12.8. The molecule has 0 heterocycles. The van der Waals surface area contributed by atoms with E-state index >= 15 is 0 Å². The van der Waals surface area contributed by atoms with Gasteiger partial charge in [-0.25, -0.2) is 0 Å². The first-order valence-corrected chi connectivity index (χ1v) is 6.72. The summed E-state index contributed by atoms with van der Waals surface area (Å²) in [6.07, 6.45) is 4.28. The fourth-order valence-corrected chi connectivity index (χ4v) is 2.29. The van der Waals surface area contributed by atoms with Crippen molar-refractivity contribution in [3.8, 4) is 0 Å². The molecule has 1 N–H and O–H groups in total. The number of carbonyl (C=O) groups excluding carboxylic acids is 1. The molecule has 3 nitrogen and oxygen atoms in total. The number of aliphatic hydroxyl groups excluding tert-OH is 1. The van der Waals surface area contributed by atoms with Crippen LogP contribution in [0.4, 0.5) is 0 Å². The van der Waals surface area contributed by atoms with E-state index in [-0.39, 0.29) is 12.5 Å². The van der Waals surface area contributed by atoms with Crippen LogP contribution in [-0.2, 0) is 11.3 Å². The van der Waals surface area contributed by atoms with Crippen molar-refractivity contribution in [1.29, 1.82) is 0 Å². The number of nitrogens with zero attached hydrogens (tertiary/aromatic N) is 1. The zero-order valence-electron chi connectivity index (χ0n) is 10.7. The summed E-state index contributed by atoms with van der Waals surface area (Å²) in [4.78, 5) is 13.9. The molecular weight excluding hydrogens is 226 g/mol. The minimum absolute atomic E-state index is 0.0310. The Hall–Kier alpha value is -1.35. The van der Waals surface area contributed by atoms with Crippen molar-refractivity contribution < 1.29 is 9.90 Å². The molecule has 0 unspecified atom stereocenters. The lowest BCUT2D eigenvalue weighted by atomic mass is 9.82. The Balaban J connectivity index is 1.91. The summed E-state index contributed by atoms with van der Waals surface area (Å²) in [6.45, 7) is 1.07. The van der Waals surface area contributed by atoms with Gasteiger partial charge in [-0.2, -0.15) is 0 Å². The molecule has 1 aromatic carbocycles. The summed E-state index contributed by atoms with van der Waals surface area (Å²) < 4.78 is 0. The zero-order valence-corrected chi connectivity index (χ0v) is 10.7. The summed E-state index contributed by atoms with van der Waals surface area (Å²) in [7, 11) is 0. The first-order chi connectivity index (χ1) is 8.79. The standard InChI is InChI=1S/C15H21NO2/c17-10-9-16(12-14-5-2-1-3-6-14)15(18)11-13-7-4-8-13/h1-3,5-6,13,17H,4,7-12H2. The number of hydrogen-bond acceptors (Lipinski definition) is 2. The minimum Gasteiger partial charge on any atom is -0.395 e. The SMILES string of the molecule is O=C(CC1CCC1)N(CCO)Cc1ccccc1. The van der Waals surface area contributed by atoms with Gasteiger partial charge in [-0.15, -0.1) is 0 Å². The van der Waals surface area contributed by atoms with E-state index in [1.165, 1.54) is 19.3 Å². The predicted octanol–water partition coefficient (Wildman–Crippen LogP) is 2.20. The van der Waals surface area contributed by atoms with Crippen LogP contribution in [0.5, 0.6) is 0 Å². The smallest absolute Gasteiger partial charge is 0.223 e. The van der Waals surface area contributed by atoms with Gasteiger partial charge in [0.2, 0.25) is 5.91 Å². The van der Waals surface area contributed by atoms with Crippen LogP contribution < -0.4 is 0 Å². The lowest BCUT2D eigenvalue weighted by molar-refractivity contribution is -0.134. The van der Waals surface area contributed by atoms with Gasteiger partial charge in [-0.1, -0.05) is 36.8 Å². The van der Waals surface area contributed by atoms with E-state index in [9.17, 15) is 4.79 Å². The quantitative estimate of drug-likeness (QED) is 0.837. The number of carbonyl (C=O) groups is 1. The van der Waals surface area contributed by atoms with Crippen LogP contribution in [0, 0.1) is 5.92 Å². The number of hydrogen-bond donors (Lipinski definition) is 1. The first-order valence-electron chi connectivity index (χ1n) is 6.72. The molecule has 1 aliphatic carbocycles. The maximum absolute atomic E-state index is 12.2. The molecule has 0 aliphatic heterocycles. The Morgan fingerprint density at radius 3 is 2.56 bits per heavy atom. The Morgan fingerprint density at radius 1 is 1.28 bits per heavy atom. The Bertz CT molecular complexity index is 373. The lowest BCUT2D eigenvalue weighted by Gasteiger charge is -2.28. The van der Waals surface area contributed by atoms with Crippen molar-refractivity contribution in [2.75, 3.05) is 13.2 Å². The third-order valence-electron chi connectivity index (χ3n) is 3.63. The normalized spacial score (nSPS) is 15.2. The summed E-state index contributed by atoms with van der Waals surface area (Å²) in [5, 5.41) is 9.07. The molecule has 98 valence electrons. The van der Waals surface area contributed by atoms with Crippen LogP contribution >= 0.6 is 0 Å². The largest absolute Gasteiger partial charge is 0.395 e. The fourth-order valence-electron chi connectivity index (χ4n) is 2.29. The van der Waals surface area contributed by atoms with Crippen LogP contribution in [0.25, 0.3) is 0 Å². The second-order valence-corrected chi connectivity index (χ2v) is 5.03. The average molecular weight is 247 g/mol. The van der Waals surface area contributed by atoms with E-state index in [4.69, 9.17) is 5.11 Å². The van der Waals surface area contributed by atoms with E-state index < -0.39 is 0 Å². The van der Waals surface area contributed by atoms with E-state index in [0.717, 1.165) is 5.56 Å². The molecule has 1 amide bonds. The summed E-state index contributed by atoms with van der Waals surface area (Å²) >= 11 is 0. The minimum atomic E-state index is 0.0310. The van der Waals surface area contributed by atoms with Crippen molar-refractivity contribution in [3.63, 3.8) is 0 Å². The van der Waals surface area contributed by atoms with Gasteiger partial charge in [0.1, 0.15) is 0 Å². The van der Waals surface area contributed by atoms with E-state index in [2.05, 4.69) is 0 Å². The molecule has 1 saturated carbocycles. The second kappa shape index (κ2) is 6.55. The van der Waals surface area contributed by atoms with Crippen LogP contribution in [-0.4, -0.2) is 29.1 Å². The number of aliphatic hydroxyl groups is 1. The molecule has 18 heavy (non-hydrogen) atoms. The molecule has 0 aromatic heterocycles. The molecule has 0 radical (unpaired) electrons. The van der Waals surface area contributed by atoms with Gasteiger partial charge in [0, 0.05) is 19.5 Å². The molecule has 1 aromatic rings. The second-order valence-electron chi connectivity index (χ2n) is 5.03. The van der Waals surface area contributed by atoms with E-state index in [1.807, 2.05) is 30.3 Å². The predicted molar refractivity (Wildman–Crippen MR) is 70.9 cm³/mol. The highest BCUT2D eigenvalue weighted by Gasteiger charge is 2.23. The van der Waals surface area contributed by atoms with Crippen LogP contribution in [0.2, 0.25) is 0 Å². The van der Waals surface area contributed by atoms with Gasteiger partial charge in [-0.3, -0.25) is 4.79 Å². The van der Waals surface area contributed by atoms with Gasteiger partial charge >= 0.3 is 0 Å². The van der Waals surface area contributed by atoms with Crippen molar-refractivity contribution in [2.45, 2.75) is 32.2 Å². The fraction of sp³-hybridized carbons (Fsp3) is 0.533. The molecule has 2 rings (SSSR count). The number of amides is 1. The maximum atomic E-state index is 12.2. The highest BCUT2D eigenvalue weighted by molar-refractivity contribution is 5.76. The van der Waals surface area contributed by atoms with Crippen molar-refractivity contribution in [3.05, 3.63) is 35.9 Å².